The van der Waals surface area contributed by atoms with Gasteiger partial charge in [-0.1, -0.05) is 48.5 Å². The van der Waals surface area contributed by atoms with Gasteiger partial charge in [-0.25, -0.2) is 0 Å². The van der Waals surface area contributed by atoms with E-state index in [4.69, 9.17) is 10.5 Å². The number of carbonyl (C=O) groups excluding carboxylic acids is 1. The van der Waals surface area contributed by atoms with E-state index < -0.39 is 0 Å². The van der Waals surface area contributed by atoms with Gasteiger partial charge in [-0.2, -0.15) is 0 Å². The summed E-state index contributed by atoms with van der Waals surface area (Å²) in [7, 11) is 0. The van der Waals surface area contributed by atoms with Crippen LogP contribution in [0.5, 0.6) is 5.75 Å². The van der Waals surface area contributed by atoms with Crippen LogP contribution < -0.4 is 10.5 Å². The average molecular weight is 352 g/mol. The number of nitrogens with zero attached hydrogens (tertiary/aromatic N) is 1. The van der Waals surface area contributed by atoms with E-state index in [9.17, 15) is 4.79 Å². The quantitative estimate of drug-likeness (QED) is 0.832. The third-order valence-corrected chi connectivity index (χ3v) is 5.20. The van der Waals surface area contributed by atoms with Crippen molar-refractivity contribution in [1.82, 2.24) is 4.90 Å². The summed E-state index contributed by atoms with van der Waals surface area (Å²) in [5.74, 6) is 1.75. The molecular formula is C22H28N2O2. The number of carbonyl (C=O) groups is 1. The summed E-state index contributed by atoms with van der Waals surface area (Å²) in [5, 5.41) is 0. The van der Waals surface area contributed by atoms with E-state index in [0.717, 1.165) is 24.4 Å². The zero-order valence-electron chi connectivity index (χ0n) is 15.4. The molecule has 1 aliphatic rings. The minimum Gasteiger partial charge on any atom is -0.494 e. The molecule has 3 rings (SSSR count). The molecule has 2 atom stereocenters. The Labute approximate surface area is 156 Å². The number of benzene rings is 2. The molecule has 1 amide bonds. The monoisotopic (exact) mass is 352 g/mol. The average Bonchev–Trinajstić information content (AvgIpc) is 3.12. The van der Waals surface area contributed by atoms with Crippen LogP contribution >= 0.6 is 0 Å². The van der Waals surface area contributed by atoms with Gasteiger partial charge in [-0.05, 0) is 43.0 Å². The highest BCUT2D eigenvalue weighted by atomic mass is 16.5. The predicted octanol–water partition coefficient (Wildman–Crippen LogP) is 3.22. The maximum atomic E-state index is 12.8. The van der Waals surface area contributed by atoms with Crippen LogP contribution in [0.2, 0.25) is 0 Å². The maximum absolute atomic E-state index is 12.8. The van der Waals surface area contributed by atoms with Crippen LogP contribution in [-0.4, -0.2) is 37.0 Å². The summed E-state index contributed by atoms with van der Waals surface area (Å²) in [6.07, 6.45) is 1.21. The highest BCUT2D eigenvalue weighted by Gasteiger charge is 2.34. The first-order valence-corrected chi connectivity index (χ1v) is 9.46. The van der Waals surface area contributed by atoms with E-state index in [0.29, 0.717) is 37.8 Å². The van der Waals surface area contributed by atoms with Gasteiger partial charge in [0.25, 0.3) is 0 Å². The lowest BCUT2D eigenvalue weighted by Gasteiger charge is -2.17. The van der Waals surface area contributed by atoms with Crippen molar-refractivity contribution in [3.8, 4) is 5.75 Å². The molecule has 0 aromatic heterocycles. The SMILES string of the molecule is CCOc1ccccc1CCC(=O)N1C[C@@H](CN)[C@H](c2ccccc2)C1. The second-order valence-electron chi connectivity index (χ2n) is 6.85. The molecule has 0 aliphatic carbocycles. The van der Waals surface area contributed by atoms with Crippen molar-refractivity contribution in [3.05, 3.63) is 65.7 Å². The summed E-state index contributed by atoms with van der Waals surface area (Å²) < 4.78 is 5.66. The van der Waals surface area contributed by atoms with E-state index in [-0.39, 0.29) is 5.91 Å². The lowest BCUT2D eigenvalue weighted by Crippen LogP contribution is -2.30. The van der Waals surface area contributed by atoms with Gasteiger partial charge in [0.2, 0.25) is 5.91 Å². The number of amides is 1. The number of nitrogens with two attached hydrogens (primary N) is 1. The van der Waals surface area contributed by atoms with Crippen LogP contribution in [0.4, 0.5) is 0 Å². The van der Waals surface area contributed by atoms with Crippen LogP contribution in [0.3, 0.4) is 0 Å². The Morgan fingerprint density at radius 2 is 1.85 bits per heavy atom. The van der Waals surface area contributed by atoms with Crippen LogP contribution in [0.1, 0.15) is 30.4 Å². The van der Waals surface area contributed by atoms with Gasteiger partial charge in [-0.15, -0.1) is 0 Å². The highest BCUT2D eigenvalue weighted by Crippen LogP contribution is 2.32. The highest BCUT2D eigenvalue weighted by molar-refractivity contribution is 5.77. The number of hydrogen-bond donors (Lipinski definition) is 1. The summed E-state index contributed by atoms with van der Waals surface area (Å²) in [4.78, 5) is 14.8. The molecule has 4 nitrogen and oxygen atoms in total. The van der Waals surface area contributed by atoms with Crippen LogP contribution in [0.15, 0.2) is 54.6 Å². The minimum atomic E-state index is 0.202. The lowest BCUT2D eigenvalue weighted by atomic mass is 9.89. The zero-order valence-corrected chi connectivity index (χ0v) is 15.4. The first-order valence-electron chi connectivity index (χ1n) is 9.46. The molecule has 4 heteroatoms. The van der Waals surface area contributed by atoms with Crippen molar-refractivity contribution in [2.75, 3.05) is 26.2 Å². The molecule has 2 aromatic rings. The molecule has 0 spiro atoms. The fraction of sp³-hybridized carbons (Fsp3) is 0.409. The molecule has 2 N–H and O–H groups in total. The molecule has 26 heavy (non-hydrogen) atoms. The van der Waals surface area contributed by atoms with Crippen molar-refractivity contribution in [1.29, 1.82) is 0 Å². The third-order valence-electron chi connectivity index (χ3n) is 5.20. The Hall–Kier alpha value is -2.33. The Morgan fingerprint density at radius 1 is 1.12 bits per heavy atom. The topological polar surface area (TPSA) is 55.6 Å². The second kappa shape index (κ2) is 8.86. The van der Waals surface area contributed by atoms with E-state index in [1.807, 2.05) is 42.2 Å². The molecule has 0 unspecified atom stereocenters. The molecule has 0 bridgehead atoms. The van der Waals surface area contributed by atoms with Gasteiger partial charge >= 0.3 is 0 Å². The van der Waals surface area contributed by atoms with Gasteiger partial charge in [0, 0.05) is 25.4 Å². The Bertz CT molecular complexity index is 717. The van der Waals surface area contributed by atoms with Crippen LogP contribution in [0.25, 0.3) is 0 Å². The summed E-state index contributed by atoms with van der Waals surface area (Å²) >= 11 is 0. The molecule has 1 saturated heterocycles. The van der Waals surface area contributed by atoms with Crippen molar-refractivity contribution in [2.24, 2.45) is 11.7 Å². The van der Waals surface area contributed by atoms with Gasteiger partial charge in [0.05, 0.1) is 6.61 Å². The molecule has 1 aliphatic heterocycles. The van der Waals surface area contributed by atoms with Crippen LogP contribution in [0, 0.1) is 5.92 Å². The van der Waals surface area contributed by atoms with Crippen LogP contribution in [-0.2, 0) is 11.2 Å². The number of hydrogen-bond acceptors (Lipinski definition) is 3. The smallest absolute Gasteiger partial charge is 0.222 e. The number of ether oxygens (including phenoxy) is 1. The third kappa shape index (κ3) is 4.25. The Kier molecular flexibility index (Phi) is 6.29. The molecule has 0 saturated carbocycles. The molecule has 2 aromatic carbocycles. The zero-order chi connectivity index (χ0) is 18.4. The maximum Gasteiger partial charge on any atom is 0.222 e. The van der Waals surface area contributed by atoms with E-state index >= 15 is 0 Å². The number of rotatable bonds is 7. The van der Waals surface area contributed by atoms with Crippen molar-refractivity contribution in [2.45, 2.75) is 25.7 Å². The molecule has 1 fully saturated rings. The van der Waals surface area contributed by atoms with Gasteiger partial charge in [0.15, 0.2) is 0 Å². The number of aryl methyl sites for hydroxylation is 1. The van der Waals surface area contributed by atoms with Crippen molar-refractivity contribution >= 4 is 5.91 Å². The van der Waals surface area contributed by atoms with Crippen molar-refractivity contribution < 1.29 is 9.53 Å². The Morgan fingerprint density at radius 3 is 2.58 bits per heavy atom. The fourth-order valence-electron chi connectivity index (χ4n) is 3.80. The minimum absolute atomic E-state index is 0.202. The summed E-state index contributed by atoms with van der Waals surface area (Å²) in [6.45, 7) is 4.73. The van der Waals surface area contributed by atoms with E-state index in [1.165, 1.54) is 5.56 Å². The number of likely N-dealkylation sites (tertiary alicyclic amines) is 1. The molecular weight excluding hydrogens is 324 g/mol. The van der Waals surface area contributed by atoms with Crippen molar-refractivity contribution in [3.63, 3.8) is 0 Å². The first-order chi connectivity index (χ1) is 12.7. The predicted molar refractivity (Wildman–Crippen MR) is 104 cm³/mol. The first kappa shape index (κ1) is 18.5. The summed E-state index contributed by atoms with van der Waals surface area (Å²) in [6, 6.07) is 18.4. The van der Waals surface area contributed by atoms with E-state index in [1.54, 1.807) is 0 Å². The largest absolute Gasteiger partial charge is 0.494 e. The Balaban J connectivity index is 1.62. The second-order valence-corrected chi connectivity index (χ2v) is 6.85. The standard InChI is InChI=1S/C22H28N2O2/c1-2-26-21-11-7-6-10-18(21)12-13-22(25)24-15-19(14-23)20(16-24)17-8-4-3-5-9-17/h3-11,19-20H,2,12-16,23H2,1H3/t19-,20+/m1/s1. The van der Waals surface area contributed by atoms with Gasteiger partial charge in [0.1, 0.15) is 5.75 Å². The molecule has 0 radical (unpaired) electrons. The molecule has 1 heterocycles. The summed E-state index contributed by atoms with van der Waals surface area (Å²) in [5.41, 5.74) is 8.36. The fourth-order valence-corrected chi connectivity index (χ4v) is 3.80. The normalized spacial score (nSPS) is 19.5. The number of para-hydroxylation sites is 1. The lowest BCUT2D eigenvalue weighted by molar-refractivity contribution is -0.130. The van der Waals surface area contributed by atoms with Gasteiger partial charge in [-0.3, -0.25) is 4.79 Å². The van der Waals surface area contributed by atoms with E-state index in [2.05, 4.69) is 24.3 Å². The van der Waals surface area contributed by atoms with Gasteiger partial charge < -0.3 is 15.4 Å². The molecule has 138 valence electrons.